The zero-order valence-electron chi connectivity index (χ0n) is 13.7. The van der Waals surface area contributed by atoms with Crippen molar-refractivity contribution < 1.29 is 4.74 Å². The Kier molecular flexibility index (Phi) is 6.37. The maximum Gasteiger partial charge on any atom is 0.123 e. The monoisotopic (exact) mass is 299 g/mol. The fraction of sp³-hybridized carbons (Fsp3) is 0.389. The minimum Gasteiger partial charge on any atom is -0.496 e. The van der Waals surface area contributed by atoms with Crippen LogP contribution in [-0.4, -0.2) is 49.1 Å². The van der Waals surface area contributed by atoms with Crippen LogP contribution in [-0.2, 0) is 13.1 Å². The van der Waals surface area contributed by atoms with Crippen molar-refractivity contribution in [3.05, 3.63) is 59.9 Å². The first-order chi connectivity index (χ1) is 10.7. The standard InChI is InChI=1S/C18H25N3O/c1-20(2)12-13-21(14-16-8-10-19-11-9-16)15-17-6-4-5-7-18(17)22-3/h4-11H,12-15H2,1-3H3. The van der Waals surface area contributed by atoms with Crippen molar-refractivity contribution in [3.63, 3.8) is 0 Å². The Balaban J connectivity index is 2.09. The van der Waals surface area contributed by atoms with Gasteiger partial charge < -0.3 is 9.64 Å². The molecule has 0 spiro atoms. The van der Waals surface area contributed by atoms with E-state index in [-0.39, 0.29) is 0 Å². The molecule has 1 heterocycles. The van der Waals surface area contributed by atoms with E-state index in [9.17, 15) is 0 Å². The molecule has 0 amide bonds. The zero-order chi connectivity index (χ0) is 15.8. The number of nitrogens with zero attached hydrogens (tertiary/aromatic N) is 3. The summed E-state index contributed by atoms with van der Waals surface area (Å²) in [6, 6.07) is 12.4. The summed E-state index contributed by atoms with van der Waals surface area (Å²) < 4.78 is 5.47. The molecule has 0 atom stereocenters. The van der Waals surface area contributed by atoms with E-state index in [0.717, 1.165) is 31.9 Å². The Bertz CT molecular complexity index is 557. The quantitative estimate of drug-likeness (QED) is 0.749. The average molecular weight is 299 g/mol. The topological polar surface area (TPSA) is 28.6 Å². The van der Waals surface area contributed by atoms with Gasteiger partial charge in [-0.15, -0.1) is 0 Å². The van der Waals surface area contributed by atoms with Gasteiger partial charge >= 0.3 is 0 Å². The molecule has 2 aromatic rings. The SMILES string of the molecule is COc1ccccc1CN(CCN(C)C)Cc1ccncc1. The fourth-order valence-electron chi connectivity index (χ4n) is 2.38. The number of hydrogen-bond donors (Lipinski definition) is 0. The van der Waals surface area contributed by atoms with Gasteiger partial charge in [0.05, 0.1) is 7.11 Å². The molecule has 0 saturated heterocycles. The van der Waals surface area contributed by atoms with Gasteiger partial charge in [-0.05, 0) is 37.9 Å². The molecule has 4 heteroatoms. The number of hydrogen-bond acceptors (Lipinski definition) is 4. The summed E-state index contributed by atoms with van der Waals surface area (Å²) in [4.78, 5) is 8.74. The van der Waals surface area contributed by atoms with Crippen LogP contribution in [0, 0.1) is 0 Å². The van der Waals surface area contributed by atoms with Crippen LogP contribution in [0.5, 0.6) is 5.75 Å². The first-order valence-corrected chi connectivity index (χ1v) is 7.57. The molecular formula is C18H25N3O. The molecule has 0 radical (unpaired) electrons. The molecular weight excluding hydrogens is 274 g/mol. The minimum absolute atomic E-state index is 0.875. The van der Waals surface area contributed by atoms with Gasteiger partial charge in [0.1, 0.15) is 5.75 Å². The molecule has 0 fully saturated rings. The molecule has 1 aromatic heterocycles. The lowest BCUT2D eigenvalue weighted by atomic mass is 10.1. The van der Waals surface area contributed by atoms with E-state index in [0.29, 0.717) is 0 Å². The lowest BCUT2D eigenvalue weighted by molar-refractivity contribution is 0.223. The number of ether oxygens (including phenoxy) is 1. The molecule has 0 aliphatic carbocycles. The van der Waals surface area contributed by atoms with Crippen LogP contribution in [0.1, 0.15) is 11.1 Å². The molecule has 0 aliphatic heterocycles. The van der Waals surface area contributed by atoms with Gasteiger partial charge in [-0.1, -0.05) is 18.2 Å². The third kappa shape index (κ3) is 5.13. The molecule has 4 nitrogen and oxygen atoms in total. The lowest BCUT2D eigenvalue weighted by Gasteiger charge is -2.25. The summed E-state index contributed by atoms with van der Waals surface area (Å²) >= 11 is 0. The maximum absolute atomic E-state index is 5.47. The van der Waals surface area contributed by atoms with E-state index in [1.165, 1.54) is 11.1 Å². The highest BCUT2D eigenvalue weighted by molar-refractivity contribution is 5.33. The molecule has 0 bridgehead atoms. The minimum atomic E-state index is 0.875. The summed E-state index contributed by atoms with van der Waals surface area (Å²) in [7, 11) is 5.94. The van der Waals surface area contributed by atoms with Crippen LogP contribution in [0.15, 0.2) is 48.8 Å². The third-order valence-corrected chi connectivity index (χ3v) is 3.61. The van der Waals surface area contributed by atoms with Crippen LogP contribution < -0.4 is 4.74 Å². The highest BCUT2D eigenvalue weighted by atomic mass is 16.5. The Labute approximate surface area is 133 Å². The summed E-state index contributed by atoms with van der Waals surface area (Å²) in [5, 5.41) is 0. The Hall–Kier alpha value is -1.91. The van der Waals surface area contributed by atoms with Gasteiger partial charge in [-0.3, -0.25) is 9.88 Å². The molecule has 0 unspecified atom stereocenters. The van der Waals surface area contributed by atoms with Crippen LogP contribution in [0.25, 0.3) is 0 Å². The van der Waals surface area contributed by atoms with E-state index in [1.807, 2.05) is 24.5 Å². The van der Waals surface area contributed by atoms with Crippen LogP contribution in [0.4, 0.5) is 0 Å². The van der Waals surface area contributed by atoms with E-state index in [2.05, 4.69) is 53.1 Å². The van der Waals surface area contributed by atoms with Crippen molar-refractivity contribution in [1.29, 1.82) is 0 Å². The van der Waals surface area contributed by atoms with Gasteiger partial charge in [-0.2, -0.15) is 0 Å². The van der Waals surface area contributed by atoms with Crippen molar-refractivity contribution in [2.24, 2.45) is 0 Å². The predicted octanol–water partition coefficient (Wildman–Crippen LogP) is 2.65. The second-order valence-corrected chi connectivity index (χ2v) is 5.68. The van der Waals surface area contributed by atoms with Crippen molar-refractivity contribution >= 4 is 0 Å². The van der Waals surface area contributed by atoms with E-state index < -0.39 is 0 Å². The summed E-state index contributed by atoms with van der Waals surface area (Å²) in [6.45, 7) is 3.82. The summed E-state index contributed by atoms with van der Waals surface area (Å²) in [5.74, 6) is 0.951. The van der Waals surface area contributed by atoms with E-state index in [4.69, 9.17) is 4.74 Å². The van der Waals surface area contributed by atoms with Crippen LogP contribution >= 0.6 is 0 Å². The molecule has 22 heavy (non-hydrogen) atoms. The first-order valence-electron chi connectivity index (χ1n) is 7.57. The van der Waals surface area contributed by atoms with E-state index in [1.54, 1.807) is 7.11 Å². The number of rotatable bonds is 8. The molecule has 0 saturated carbocycles. The summed E-state index contributed by atoms with van der Waals surface area (Å²) in [5.41, 5.74) is 2.50. The number of para-hydroxylation sites is 1. The first kappa shape index (κ1) is 16.5. The van der Waals surface area contributed by atoms with Gasteiger partial charge in [0.25, 0.3) is 0 Å². The van der Waals surface area contributed by atoms with E-state index >= 15 is 0 Å². The Morgan fingerprint density at radius 1 is 0.955 bits per heavy atom. The second kappa shape index (κ2) is 8.51. The number of benzene rings is 1. The Morgan fingerprint density at radius 3 is 2.36 bits per heavy atom. The maximum atomic E-state index is 5.47. The average Bonchev–Trinajstić information content (AvgIpc) is 2.54. The smallest absolute Gasteiger partial charge is 0.123 e. The molecule has 118 valence electrons. The highest BCUT2D eigenvalue weighted by Crippen LogP contribution is 2.20. The highest BCUT2D eigenvalue weighted by Gasteiger charge is 2.10. The molecule has 0 aliphatic rings. The molecule has 0 N–H and O–H groups in total. The predicted molar refractivity (Wildman–Crippen MR) is 89.9 cm³/mol. The van der Waals surface area contributed by atoms with Crippen molar-refractivity contribution in [1.82, 2.24) is 14.8 Å². The largest absolute Gasteiger partial charge is 0.496 e. The number of pyridine rings is 1. The molecule has 2 rings (SSSR count). The normalized spacial score (nSPS) is 11.1. The second-order valence-electron chi connectivity index (χ2n) is 5.68. The van der Waals surface area contributed by atoms with Gasteiger partial charge in [0.2, 0.25) is 0 Å². The van der Waals surface area contributed by atoms with Crippen molar-refractivity contribution in [3.8, 4) is 5.75 Å². The van der Waals surface area contributed by atoms with Gasteiger partial charge in [0.15, 0.2) is 0 Å². The van der Waals surface area contributed by atoms with Crippen LogP contribution in [0.2, 0.25) is 0 Å². The molecule has 1 aromatic carbocycles. The van der Waals surface area contributed by atoms with Gasteiger partial charge in [-0.25, -0.2) is 0 Å². The Morgan fingerprint density at radius 2 is 1.68 bits per heavy atom. The zero-order valence-corrected chi connectivity index (χ0v) is 13.7. The van der Waals surface area contributed by atoms with Crippen molar-refractivity contribution in [2.75, 3.05) is 34.3 Å². The lowest BCUT2D eigenvalue weighted by Crippen LogP contribution is -2.31. The van der Waals surface area contributed by atoms with Crippen LogP contribution in [0.3, 0.4) is 0 Å². The fourth-order valence-corrected chi connectivity index (χ4v) is 2.38. The third-order valence-electron chi connectivity index (χ3n) is 3.61. The number of aromatic nitrogens is 1. The van der Waals surface area contributed by atoms with Gasteiger partial charge in [0, 0.05) is 44.1 Å². The van der Waals surface area contributed by atoms with Crippen molar-refractivity contribution in [2.45, 2.75) is 13.1 Å². The summed E-state index contributed by atoms with van der Waals surface area (Å²) in [6.07, 6.45) is 3.70. The number of likely N-dealkylation sites (N-methyl/N-ethyl adjacent to an activating group) is 1. The number of methoxy groups -OCH3 is 1.